The average Bonchev–Trinajstić information content (AvgIpc) is 2.47. The van der Waals surface area contributed by atoms with E-state index in [1.54, 1.807) is 0 Å². The highest BCUT2D eigenvalue weighted by Gasteiger charge is 2.20. The molecule has 0 saturated carbocycles. The Morgan fingerprint density at radius 2 is 1.90 bits per heavy atom. The molecule has 1 N–H and O–H groups in total. The number of piperidine rings is 1. The maximum atomic E-state index is 10.5. The predicted octanol–water partition coefficient (Wildman–Crippen LogP) is 3.09. The molecule has 1 aromatic carbocycles. The van der Waals surface area contributed by atoms with Crippen molar-refractivity contribution in [2.45, 2.75) is 45.1 Å². The van der Waals surface area contributed by atoms with Crippen molar-refractivity contribution in [1.29, 1.82) is 0 Å². The van der Waals surface area contributed by atoms with Gasteiger partial charge in [0.2, 0.25) is 0 Å². The number of rotatable bonds is 7. The second kappa shape index (κ2) is 8.03. The Bertz CT molecular complexity index is 436. The van der Waals surface area contributed by atoms with Gasteiger partial charge < -0.3 is 14.7 Å². The number of aryl methyl sites for hydroxylation is 1. The maximum absolute atomic E-state index is 10.5. The van der Waals surface area contributed by atoms with Crippen LogP contribution in [0.2, 0.25) is 0 Å². The summed E-state index contributed by atoms with van der Waals surface area (Å²) in [5.41, 5.74) is 1.25. The normalized spacial score (nSPS) is 16.8. The van der Waals surface area contributed by atoms with E-state index in [2.05, 4.69) is 24.0 Å². The summed E-state index contributed by atoms with van der Waals surface area (Å²) in [5.74, 6) is 0.265. The maximum Gasteiger partial charge on any atom is 0.303 e. The van der Waals surface area contributed by atoms with E-state index in [0.29, 0.717) is 6.10 Å². The van der Waals surface area contributed by atoms with Crippen LogP contribution in [0, 0.1) is 6.92 Å². The fraction of sp³-hybridized carbons (Fsp3) is 0.588. The average molecular weight is 291 g/mol. The summed E-state index contributed by atoms with van der Waals surface area (Å²) < 4.78 is 6.01. The van der Waals surface area contributed by atoms with Crippen LogP contribution in [0.15, 0.2) is 24.3 Å². The molecule has 0 aliphatic carbocycles. The van der Waals surface area contributed by atoms with Gasteiger partial charge in [-0.25, -0.2) is 0 Å². The van der Waals surface area contributed by atoms with Gasteiger partial charge in [-0.15, -0.1) is 0 Å². The van der Waals surface area contributed by atoms with Crippen molar-refractivity contribution in [1.82, 2.24) is 4.90 Å². The topological polar surface area (TPSA) is 49.8 Å². The molecule has 4 heteroatoms. The van der Waals surface area contributed by atoms with Gasteiger partial charge in [0.05, 0.1) is 0 Å². The largest absolute Gasteiger partial charge is 0.490 e. The van der Waals surface area contributed by atoms with Crippen molar-refractivity contribution in [3.8, 4) is 5.75 Å². The fourth-order valence-electron chi connectivity index (χ4n) is 2.67. The Labute approximate surface area is 126 Å². The van der Waals surface area contributed by atoms with Crippen LogP contribution in [-0.2, 0) is 4.79 Å². The molecule has 1 aromatic rings. The Hall–Kier alpha value is -1.55. The first kappa shape index (κ1) is 15.8. The molecule has 1 aliphatic heterocycles. The molecule has 0 unspecified atom stereocenters. The lowest BCUT2D eigenvalue weighted by atomic mass is 10.1. The zero-order valence-electron chi connectivity index (χ0n) is 12.8. The van der Waals surface area contributed by atoms with E-state index >= 15 is 0 Å². The lowest BCUT2D eigenvalue weighted by molar-refractivity contribution is -0.137. The molecule has 116 valence electrons. The standard InChI is InChI=1S/C17H25NO3/c1-14-5-7-15(8-6-14)21-16-9-12-18(13-10-16)11-3-2-4-17(19)20/h5-8,16H,2-4,9-13H2,1H3,(H,19,20). The number of carboxylic acid groups (broad SMARTS) is 1. The lowest BCUT2D eigenvalue weighted by Gasteiger charge is -2.32. The molecule has 0 aromatic heterocycles. The number of hydrogen-bond acceptors (Lipinski definition) is 3. The van der Waals surface area contributed by atoms with Crippen molar-refractivity contribution in [3.63, 3.8) is 0 Å². The van der Waals surface area contributed by atoms with Gasteiger partial charge in [-0.2, -0.15) is 0 Å². The highest BCUT2D eigenvalue weighted by atomic mass is 16.5. The Morgan fingerprint density at radius 1 is 1.24 bits per heavy atom. The van der Waals surface area contributed by atoms with Gasteiger partial charge in [0, 0.05) is 19.5 Å². The van der Waals surface area contributed by atoms with Crippen molar-refractivity contribution in [2.75, 3.05) is 19.6 Å². The van der Waals surface area contributed by atoms with Crippen LogP contribution < -0.4 is 4.74 Å². The highest BCUT2D eigenvalue weighted by molar-refractivity contribution is 5.66. The van der Waals surface area contributed by atoms with Gasteiger partial charge in [-0.05, 0) is 51.3 Å². The number of nitrogens with zero attached hydrogens (tertiary/aromatic N) is 1. The second-order valence-corrected chi connectivity index (χ2v) is 5.82. The van der Waals surface area contributed by atoms with Gasteiger partial charge in [-0.3, -0.25) is 4.79 Å². The highest BCUT2D eigenvalue weighted by Crippen LogP contribution is 2.19. The minimum atomic E-state index is -0.694. The fourth-order valence-corrected chi connectivity index (χ4v) is 2.67. The molecule has 0 radical (unpaired) electrons. The molecule has 4 nitrogen and oxygen atoms in total. The zero-order chi connectivity index (χ0) is 15.1. The van der Waals surface area contributed by atoms with E-state index in [4.69, 9.17) is 9.84 Å². The Morgan fingerprint density at radius 3 is 2.52 bits per heavy atom. The number of likely N-dealkylation sites (tertiary alicyclic amines) is 1. The molecule has 0 spiro atoms. The third-order valence-electron chi connectivity index (χ3n) is 3.97. The molecule has 1 fully saturated rings. The van der Waals surface area contributed by atoms with Gasteiger partial charge in [0.1, 0.15) is 11.9 Å². The molecule has 2 rings (SSSR count). The second-order valence-electron chi connectivity index (χ2n) is 5.82. The minimum absolute atomic E-state index is 0.285. The third kappa shape index (κ3) is 5.76. The van der Waals surface area contributed by atoms with Crippen molar-refractivity contribution in [3.05, 3.63) is 29.8 Å². The number of benzene rings is 1. The number of hydrogen-bond donors (Lipinski definition) is 1. The third-order valence-corrected chi connectivity index (χ3v) is 3.97. The first-order valence-corrected chi connectivity index (χ1v) is 7.81. The van der Waals surface area contributed by atoms with E-state index in [9.17, 15) is 4.79 Å². The molecular formula is C17H25NO3. The molecule has 0 amide bonds. The van der Waals surface area contributed by atoms with Gasteiger partial charge in [0.15, 0.2) is 0 Å². The van der Waals surface area contributed by atoms with E-state index in [0.717, 1.165) is 51.1 Å². The summed E-state index contributed by atoms with van der Waals surface area (Å²) in [7, 11) is 0. The van der Waals surface area contributed by atoms with Crippen molar-refractivity contribution >= 4 is 5.97 Å². The smallest absolute Gasteiger partial charge is 0.303 e. The van der Waals surface area contributed by atoms with E-state index in [1.165, 1.54) is 5.56 Å². The molecule has 1 saturated heterocycles. The van der Waals surface area contributed by atoms with Crippen LogP contribution >= 0.6 is 0 Å². The molecule has 1 heterocycles. The van der Waals surface area contributed by atoms with Crippen molar-refractivity contribution in [2.24, 2.45) is 0 Å². The van der Waals surface area contributed by atoms with E-state index < -0.39 is 5.97 Å². The summed E-state index contributed by atoms with van der Waals surface area (Å²) >= 11 is 0. The first-order chi connectivity index (χ1) is 10.1. The van der Waals surface area contributed by atoms with Crippen LogP contribution in [0.4, 0.5) is 0 Å². The lowest BCUT2D eigenvalue weighted by Crippen LogP contribution is -2.38. The summed E-state index contributed by atoms with van der Waals surface area (Å²) in [6.07, 6.45) is 4.43. The molecule has 0 atom stereocenters. The number of aliphatic carboxylic acids is 1. The number of carbonyl (C=O) groups is 1. The van der Waals surface area contributed by atoms with Crippen LogP contribution in [0.1, 0.15) is 37.7 Å². The predicted molar refractivity (Wildman–Crippen MR) is 82.8 cm³/mol. The van der Waals surface area contributed by atoms with Gasteiger partial charge in [-0.1, -0.05) is 17.7 Å². The minimum Gasteiger partial charge on any atom is -0.490 e. The quantitative estimate of drug-likeness (QED) is 0.784. The van der Waals surface area contributed by atoms with Gasteiger partial charge in [0.25, 0.3) is 0 Å². The van der Waals surface area contributed by atoms with Gasteiger partial charge >= 0.3 is 5.97 Å². The van der Waals surface area contributed by atoms with Crippen LogP contribution in [0.5, 0.6) is 5.75 Å². The number of carboxylic acids is 1. The van der Waals surface area contributed by atoms with Crippen LogP contribution in [0.3, 0.4) is 0 Å². The molecule has 21 heavy (non-hydrogen) atoms. The Balaban J connectivity index is 1.64. The molecular weight excluding hydrogens is 266 g/mol. The SMILES string of the molecule is Cc1ccc(OC2CCN(CCCCC(=O)O)CC2)cc1. The molecule has 0 bridgehead atoms. The molecule has 1 aliphatic rings. The zero-order valence-corrected chi connectivity index (χ0v) is 12.8. The van der Waals surface area contributed by atoms with Crippen LogP contribution in [0.25, 0.3) is 0 Å². The summed E-state index contributed by atoms with van der Waals surface area (Å²) in [5, 5.41) is 8.61. The number of ether oxygens (including phenoxy) is 1. The van der Waals surface area contributed by atoms with E-state index in [-0.39, 0.29) is 6.42 Å². The summed E-state index contributed by atoms with van der Waals surface area (Å²) in [6, 6.07) is 8.22. The summed E-state index contributed by atoms with van der Waals surface area (Å²) in [6.45, 7) is 5.17. The van der Waals surface area contributed by atoms with E-state index in [1.807, 2.05) is 12.1 Å². The first-order valence-electron chi connectivity index (χ1n) is 7.81. The van der Waals surface area contributed by atoms with Crippen LogP contribution in [-0.4, -0.2) is 41.7 Å². The van der Waals surface area contributed by atoms with Crippen molar-refractivity contribution < 1.29 is 14.6 Å². The monoisotopic (exact) mass is 291 g/mol. The summed E-state index contributed by atoms with van der Waals surface area (Å²) in [4.78, 5) is 12.9. The Kier molecular flexibility index (Phi) is 6.05. The number of unbranched alkanes of at least 4 members (excludes halogenated alkanes) is 1.